The summed E-state index contributed by atoms with van der Waals surface area (Å²) >= 11 is 0. The van der Waals surface area contributed by atoms with Gasteiger partial charge in [-0.05, 0) is 42.0 Å². The molecule has 0 saturated heterocycles. The maximum atomic E-state index is 12.1. The maximum Gasteiger partial charge on any atom is 0.322 e. The summed E-state index contributed by atoms with van der Waals surface area (Å²) in [7, 11) is -1.70. The van der Waals surface area contributed by atoms with Gasteiger partial charge in [0.05, 0.1) is 24.2 Å². The number of aromatic nitrogens is 2. The third-order valence-electron chi connectivity index (χ3n) is 4.04. The standard InChI is InChI=1S/C19H19N3O5S/c1-3-28(24,25)16-10-6-14(7-11-16)18-21-22-19(27-18)20-17(23)12-13-4-8-15(26-2)9-5-13/h4-11H,3,12H2,1-2H3,(H,20,22,23). The van der Waals surface area contributed by atoms with E-state index in [2.05, 4.69) is 15.5 Å². The van der Waals surface area contributed by atoms with Crippen molar-refractivity contribution in [2.75, 3.05) is 18.2 Å². The van der Waals surface area contributed by atoms with E-state index in [1.165, 1.54) is 12.1 Å². The molecule has 9 heteroatoms. The molecule has 0 radical (unpaired) electrons. The van der Waals surface area contributed by atoms with E-state index in [4.69, 9.17) is 9.15 Å². The normalized spacial score (nSPS) is 11.2. The van der Waals surface area contributed by atoms with E-state index in [0.717, 1.165) is 5.56 Å². The van der Waals surface area contributed by atoms with Crippen molar-refractivity contribution in [1.29, 1.82) is 0 Å². The number of rotatable bonds is 7. The number of nitrogens with zero attached hydrogens (tertiary/aromatic N) is 2. The molecule has 0 saturated carbocycles. The lowest BCUT2D eigenvalue weighted by atomic mass is 10.1. The van der Waals surface area contributed by atoms with Crippen LogP contribution in [0.3, 0.4) is 0 Å². The molecule has 8 nitrogen and oxygen atoms in total. The minimum atomic E-state index is -3.27. The van der Waals surface area contributed by atoms with Crippen LogP contribution in [0.4, 0.5) is 6.01 Å². The number of ether oxygens (including phenoxy) is 1. The Bertz CT molecular complexity index is 1060. The number of methoxy groups -OCH3 is 1. The molecule has 0 aliphatic heterocycles. The van der Waals surface area contributed by atoms with Crippen molar-refractivity contribution in [3.63, 3.8) is 0 Å². The summed E-state index contributed by atoms with van der Waals surface area (Å²) in [4.78, 5) is 12.4. The van der Waals surface area contributed by atoms with E-state index in [1.54, 1.807) is 50.4 Å². The second-order valence-corrected chi connectivity index (χ2v) is 8.19. The van der Waals surface area contributed by atoms with Crippen molar-refractivity contribution in [2.45, 2.75) is 18.2 Å². The highest BCUT2D eigenvalue weighted by atomic mass is 32.2. The summed E-state index contributed by atoms with van der Waals surface area (Å²) in [5, 5.41) is 10.2. The van der Waals surface area contributed by atoms with Gasteiger partial charge >= 0.3 is 6.01 Å². The molecule has 3 rings (SSSR count). The monoisotopic (exact) mass is 401 g/mol. The van der Waals surface area contributed by atoms with Crippen LogP contribution in [-0.2, 0) is 21.1 Å². The van der Waals surface area contributed by atoms with Gasteiger partial charge in [-0.2, -0.15) is 0 Å². The number of benzene rings is 2. The van der Waals surface area contributed by atoms with Gasteiger partial charge in [0, 0.05) is 5.56 Å². The lowest BCUT2D eigenvalue weighted by Crippen LogP contribution is -2.14. The zero-order valence-electron chi connectivity index (χ0n) is 15.4. The second kappa shape index (κ2) is 8.22. The summed E-state index contributed by atoms with van der Waals surface area (Å²) in [6.45, 7) is 1.59. The fraction of sp³-hybridized carbons (Fsp3) is 0.211. The van der Waals surface area contributed by atoms with Crippen LogP contribution in [0.15, 0.2) is 57.8 Å². The quantitative estimate of drug-likeness (QED) is 0.648. The zero-order chi connectivity index (χ0) is 20.1. The van der Waals surface area contributed by atoms with Gasteiger partial charge in [0.25, 0.3) is 0 Å². The zero-order valence-corrected chi connectivity index (χ0v) is 16.2. The van der Waals surface area contributed by atoms with E-state index in [-0.39, 0.29) is 34.9 Å². The van der Waals surface area contributed by atoms with Crippen molar-refractivity contribution in [3.8, 4) is 17.2 Å². The summed E-state index contributed by atoms with van der Waals surface area (Å²) in [5.74, 6) is 0.616. The van der Waals surface area contributed by atoms with Crippen LogP contribution in [0, 0.1) is 0 Å². The molecule has 2 aromatic carbocycles. The molecule has 28 heavy (non-hydrogen) atoms. The first-order valence-corrected chi connectivity index (χ1v) is 10.2. The van der Waals surface area contributed by atoms with Crippen LogP contribution in [0.2, 0.25) is 0 Å². The lowest BCUT2D eigenvalue weighted by Gasteiger charge is -2.03. The van der Waals surface area contributed by atoms with Gasteiger partial charge in [0.15, 0.2) is 9.84 Å². The Labute approximate surface area is 162 Å². The number of sulfone groups is 1. The maximum absolute atomic E-state index is 12.1. The second-order valence-electron chi connectivity index (χ2n) is 5.91. The summed E-state index contributed by atoms with van der Waals surface area (Å²) in [5.41, 5.74) is 1.36. The number of nitrogens with one attached hydrogen (secondary N) is 1. The van der Waals surface area contributed by atoms with Gasteiger partial charge in [-0.1, -0.05) is 24.2 Å². The number of amides is 1. The molecule has 1 amide bonds. The van der Waals surface area contributed by atoms with Crippen LogP contribution in [0.1, 0.15) is 12.5 Å². The molecule has 0 aliphatic carbocycles. The van der Waals surface area contributed by atoms with E-state index in [0.29, 0.717) is 11.3 Å². The molecule has 0 aliphatic rings. The Morgan fingerprint density at radius 1 is 1.07 bits per heavy atom. The van der Waals surface area contributed by atoms with Gasteiger partial charge < -0.3 is 9.15 Å². The van der Waals surface area contributed by atoms with Crippen molar-refractivity contribution in [1.82, 2.24) is 10.2 Å². The predicted molar refractivity (Wildman–Crippen MR) is 103 cm³/mol. The number of anilines is 1. The largest absolute Gasteiger partial charge is 0.497 e. The van der Waals surface area contributed by atoms with Crippen molar-refractivity contribution >= 4 is 21.8 Å². The summed E-state index contributed by atoms with van der Waals surface area (Å²) in [6.07, 6.45) is 0.144. The first-order chi connectivity index (χ1) is 13.4. The van der Waals surface area contributed by atoms with Gasteiger partial charge in [-0.3, -0.25) is 10.1 Å². The number of carbonyl (C=O) groups is 1. The fourth-order valence-electron chi connectivity index (χ4n) is 2.45. The van der Waals surface area contributed by atoms with Crippen LogP contribution < -0.4 is 10.1 Å². The van der Waals surface area contributed by atoms with Crippen molar-refractivity contribution in [3.05, 3.63) is 54.1 Å². The van der Waals surface area contributed by atoms with Crippen LogP contribution in [-0.4, -0.2) is 37.4 Å². The van der Waals surface area contributed by atoms with Crippen LogP contribution in [0.25, 0.3) is 11.5 Å². The molecule has 0 unspecified atom stereocenters. The topological polar surface area (TPSA) is 111 Å². The van der Waals surface area contributed by atoms with Crippen molar-refractivity contribution in [2.24, 2.45) is 0 Å². The number of carbonyl (C=O) groups excluding carboxylic acids is 1. The SMILES string of the molecule is CCS(=O)(=O)c1ccc(-c2nnc(NC(=O)Cc3ccc(OC)cc3)o2)cc1. The highest BCUT2D eigenvalue weighted by Gasteiger charge is 2.14. The van der Waals surface area contributed by atoms with Gasteiger partial charge in [0.1, 0.15) is 5.75 Å². The Kier molecular flexibility index (Phi) is 5.74. The van der Waals surface area contributed by atoms with E-state index in [1.807, 2.05) is 0 Å². The van der Waals surface area contributed by atoms with Gasteiger partial charge in [0.2, 0.25) is 11.8 Å². The van der Waals surface area contributed by atoms with Crippen LogP contribution >= 0.6 is 0 Å². The average molecular weight is 401 g/mol. The molecule has 1 aromatic heterocycles. The summed E-state index contributed by atoms with van der Waals surface area (Å²) < 4.78 is 34.2. The predicted octanol–water partition coefficient (Wildman–Crippen LogP) is 2.72. The lowest BCUT2D eigenvalue weighted by molar-refractivity contribution is -0.115. The van der Waals surface area contributed by atoms with E-state index in [9.17, 15) is 13.2 Å². The molecule has 1 N–H and O–H groups in total. The average Bonchev–Trinajstić information content (AvgIpc) is 3.17. The van der Waals surface area contributed by atoms with Gasteiger partial charge in [-0.15, -0.1) is 5.10 Å². The number of hydrogen-bond acceptors (Lipinski definition) is 7. The molecule has 0 bridgehead atoms. The first kappa shape index (κ1) is 19.6. The molecule has 0 spiro atoms. The third-order valence-corrected chi connectivity index (χ3v) is 5.79. The molecule has 3 aromatic rings. The molecular weight excluding hydrogens is 382 g/mol. The highest BCUT2D eigenvalue weighted by molar-refractivity contribution is 7.91. The Balaban J connectivity index is 1.65. The fourth-order valence-corrected chi connectivity index (χ4v) is 3.34. The Hall–Kier alpha value is -3.20. The molecule has 146 valence electrons. The minimum Gasteiger partial charge on any atom is -0.497 e. The van der Waals surface area contributed by atoms with Crippen molar-refractivity contribution < 1.29 is 22.4 Å². The smallest absolute Gasteiger partial charge is 0.322 e. The Morgan fingerprint density at radius 2 is 1.75 bits per heavy atom. The minimum absolute atomic E-state index is 0.0251. The van der Waals surface area contributed by atoms with Crippen LogP contribution in [0.5, 0.6) is 5.75 Å². The highest BCUT2D eigenvalue weighted by Crippen LogP contribution is 2.22. The first-order valence-electron chi connectivity index (χ1n) is 8.51. The molecule has 0 fully saturated rings. The molecule has 0 atom stereocenters. The van der Waals surface area contributed by atoms with Gasteiger partial charge in [-0.25, -0.2) is 8.42 Å². The number of hydrogen-bond donors (Lipinski definition) is 1. The third kappa shape index (κ3) is 4.55. The van der Waals surface area contributed by atoms with E-state index >= 15 is 0 Å². The summed E-state index contributed by atoms with van der Waals surface area (Å²) in [6, 6.07) is 13.2. The molecule has 1 heterocycles. The Morgan fingerprint density at radius 3 is 2.36 bits per heavy atom. The molecular formula is C19H19N3O5S. The van der Waals surface area contributed by atoms with E-state index < -0.39 is 9.84 Å².